The molecular weight excluding hydrogens is 412 g/mol. The first-order valence-corrected chi connectivity index (χ1v) is 10.2. The van der Waals surface area contributed by atoms with Gasteiger partial charge in [-0.1, -0.05) is 60.1 Å². The van der Waals surface area contributed by atoms with E-state index in [9.17, 15) is 9.59 Å². The molecule has 31 heavy (non-hydrogen) atoms. The van der Waals surface area contributed by atoms with Crippen molar-refractivity contribution in [3.8, 4) is 5.75 Å². The Morgan fingerprint density at radius 2 is 1.58 bits per heavy atom. The molecular formula is C25H21ClN2O3. The van der Waals surface area contributed by atoms with E-state index < -0.39 is 0 Å². The van der Waals surface area contributed by atoms with Crippen molar-refractivity contribution in [2.45, 2.75) is 13.5 Å². The third kappa shape index (κ3) is 4.05. The van der Waals surface area contributed by atoms with Gasteiger partial charge < -0.3 is 10.1 Å². The van der Waals surface area contributed by atoms with Gasteiger partial charge in [-0.25, -0.2) is 0 Å². The van der Waals surface area contributed by atoms with Gasteiger partial charge in [0, 0.05) is 16.3 Å². The average Bonchev–Trinajstić information content (AvgIpc) is 3.01. The molecule has 156 valence electrons. The lowest BCUT2D eigenvalue weighted by atomic mass is 10.0. The summed E-state index contributed by atoms with van der Waals surface area (Å²) in [6.45, 7) is 2.09. The SMILES string of the molecule is COc1ccccc1C1=C(Nc2ccccc2C)C(=O)N(Cc2ccc(Cl)cc2)C1=O. The zero-order chi connectivity index (χ0) is 22.0. The van der Waals surface area contributed by atoms with Crippen LogP contribution in [0.5, 0.6) is 5.75 Å². The van der Waals surface area contributed by atoms with E-state index in [0.717, 1.165) is 16.8 Å². The summed E-state index contributed by atoms with van der Waals surface area (Å²) in [5.74, 6) is -0.235. The van der Waals surface area contributed by atoms with Gasteiger partial charge in [0.15, 0.2) is 0 Å². The van der Waals surface area contributed by atoms with Crippen LogP contribution >= 0.6 is 11.6 Å². The Bertz CT molecular complexity index is 1190. The van der Waals surface area contributed by atoms with Gasteiger partial charge in [0.2, 0.25) is 0 Å². The van der Waals surface area contributed by atoms with Crippen LogP contribution in [0.1, 0.15) is 16.7 Å². The first kappa shape index (κ1) is 20.7. The van der Waals surface area contributed by atoms with E-state index in [1.807, 2.05) is 43.3 Å². The number of carbonyl (C=O) groups excluding carboxylic acids is 2. The van der Waals surface area contributed by atoms with E-state index in [4.69, 9.17) is 16.3 Å². The topological polar surface area (TPSA) is 58.6 Å². The van der Waals surface area contributed by atoms with E-state index in [1.165, 1.54) is 4.90 Å². The number of ether oxygens (including phenoxy) is 1. The molecule has 3 aromatic carbocycles. The number of para-hydroxylation sites is 2. The van der Waals surface area contributed by atoms with Crippen LogP contribution in [-0.4, -0.2) is 23.8 Å². The number of hydrogen-bond donors (Lipinski definition) is 1. The fourth-order valence-electron chi connectivity index (χ4n) is 3.56. The summed E-state index contributed by atoms with van der Waals surface area (Å²) in [5.41, 5.74) is 3.63. The van der Waals surface area contributed by atoms with Gasteiger partial charge in [-0.2, -0.15) is 0 Å². The lowest BCUT2D eigenvalue weighted by Gasteiger charge is -2.16. The molecule has 1 N–H and O–H groups in total. The molecule has 1 aliphatic rings. The van der Waals surface area contributed by atoms with Crippen LogP contribution in [0.2, 0.25) is 5.02 Å². The Balaban J connectivity index is 1.79. The fraction of sp³-hybridized carbons (Fsp3) is 0.120. The number of halogens is 1. The zero-order valence-electron chi connectivity index (χ0n) is 17.2. The van der Waals surface area contributed by atoms with Crippen LogP contribution in [0.4, 0.5) is 5.69 Å². The quantitative estimate of drug-likeness (QED) is 0.554. The Morgan fingerprint density at radius 1 is 0.903 bits per heavy atom. The monoisotopic (exact) mass is 432 g/mol. The molecule has 0 bridgehead atoms. The summed E-state index contributed by atoms with van der Waals surface area (Å²) in [6, 6.07) is 21.9. The minimum Gasteiger partial charge on any atom is -0.496 e. The third-order valence-electron chi connectivity index (χ3n) is 5.20. The lowest BCUT2D eigenvalue weighted by molar-refractivity contribution is -0.137. The summed E-state index contributed by atoms with van der Waals surface area (Å²) >= 11 is 5.97. The maximum Gasteiger partial charge on any atom is 0.278 e. The second-order valence-electron chi connectivity index (χ2n) is 7.21. The highest BCUT2D eigenvalue weighted by atomic mass is 35.5. The molecule has 3 aromatic rings. The number of aryl methyl sites for hydroxylation is 1. The van der Waals surface area contributed by atoms with Crippen molar-refractivity contribution in [2.24, 2.45) is 0 Å². The third-order valence-corrected chi connectivity index (χ3v) is 5.46. The number of imide groups is 1. The summed E-state index contributed by atoms with van der Waals surface area (Å²) in [6.07, 6.45) is 0. The molecule has 1 heterocycles. The summed E-state index contributed by atoms with van der Waals surface area (Å²) < 4.78 is 5.47. The molecule has 5 nitrogen and oxygen atoms in total. The van der Waals surface area contributed by atoms with Gasteiger partial charge in [-0.3, -0.25) is 14.5 Å². The van der Waals surface area contributed by atoms with Gasteiger partial charge in [0.25, 0.3) is 11.8 Å². The molecule has 0 aliphatic carbocycles. The van der Waals surface area contributed by atoms with E-state index in [-0.39, 0.29) is 24.1 Å². The normalized spacial score (nSPS) is 13.7. The molecule has 1 aliphatic heterocycles. The van der Waals surface area contributed by atoms with Crippen LogP contribution < -0.4 is 10.1 Å². The maximum absolute atomic E-state index is 13.5. The Kier molecular flexibility index (Phi) is 5.78. The van der Waals surface area contributed by atoms with Crippen LogP contribution in [0.15, 0.2) is 78.5 Å². The van der Waals surface area contributed by atoms with Gasteiger partial charge in [-0.15, -0.1) is 0 Å². The predicted molar refractivity (Wildman–Crippen MR) is 122 cm³/mol. The number of carbonyl (C=O) groups is 2. The van der Waals surface area contributed by atoms with Gasteiger partial charge in [-0.05, 0) is 42.3 Å². The molecule has 6 heteroatoms. The number of hydrogen-bond acceptors (Lipinski definition) is 4. The summed E-state index contributed by atoms with van der Waals surface area (Å²) in [7, 11) is 1.54. The highest BCUT2D eigenvalue weighted by Gasteiger charge is 2.40. The van der Waals surface area contributed by atoms with Crippen molar-refractivity contribution in [1.82, 2.24) is 4.90 Å². The largest absolute Gasteiger partial charge is 0.496 e. The van der Waals surface area contributed by atoms with Crippen molar-refractivity contribution < 1.29 is 14.3 Å². The molecule has 2 amide bonds. The molecule has 0 fully saturated rings. The molecule has 0 aromatic heterocycles. The fourth-order valence-corrected chi connectivity index (χ4v) is 3.68. The number of benzene rings is 3. The standard InChI is InChI=1S/C25H21ClN2O3/c1-16-7-3-5-9-20(16)27-23-22(19-8-4-6-10-21(19)31-2)24(29)28(25(23)30)15-17-11-13-18(26)14-12-17/h3-14,27H,15H2,1-2H3. The first-order valence-electron chi connectivity index (χ1n) is 9.80. The second kappa shape index (κ2) is 8.66. The second-order valence-corrected chi connectivity index (χ2v) is 7.65. The van der Waals surface area contributed by atoms with Crippen LogP contribution in [0.25, 0.3) is 5.57 Å². The minimum absolute atomic E-state index is 0.145. The van der Waals surface area contributed by atoms with Crippen LogP contribution in [0, 0.1) is 6.92 Å². The Morgan fingerprint density at radius 3 is 2.29 bits per heavy atom. The van der Waals surface area contributed by atoms with Crippen molar-refractivity contribution in [1.29, 1.82) is 0 Å². The smallest absolute Gasteiger partial charge is 0.278 e. The van der Waals surface area contributed by atoms with Crippen molar-refractivity contribution in [2.75, 3.05) is 12.4 Å². The van der Waals surface area contributed by atoms with Gasteiger partial charge in [0.05, 0.1) is 19.2 Å². The molecule has 0 atom stereocenters. The van der Waals surface area contributed by atoms with E-state index in [1.54, 1.807) is 43.5 Å². The molecule has 0 unspecified atom stereocenters. The molecule has 0 radical (unpaired) electrons. The summed E-state index contributed by atoms with van der Waals surface area (Å²) in [4.78, 5) is 28.1. The number of amides is 2. The number of nitrogens with zero attached hydrogens (tertiary/aromatic N) is 1. The van der Waals surface area contributed by atoms with Crippen LogP contribution in [-0.2, 0) is 16.1 Å². The lowest BCUT2D eigenvalue weighted by Crippen LogP contribution is -2.32. The number of rotatable bonds is 6. The zero-order valence-corrected chi connectivity index (χ0v) is 17.9. The minimum atomic E-state index is -0.385. The number of methoxy groups -OCH3 is 1. The molecule has 0 spiro atoms. The summed E-state index contributed by atoms with van der Waals surface area (Å²) in [5, 5.41) is 3.80. The van der Waals surface area contributed by atoms with Crippen molar-refractivity contribution in [3.05, 3.63) is 100 Å². The van der Waals surface area contributed by atoms with E-state index in [0.29, 0.717) is 21.9 Å². The maximum atomic E-state index is 13.5. The number of nitrogens with one attached hydrogen (secondary N) is 1. The van der Waals surface area contributed by atoms with Gasteiger partial charge >= 0.3 is 0 Å². The van der Waals surface area contributed by atoms with Crippen LogP contribution in [0.3, 0.4) is 0 Å². The first-order chi connectivity index (χ1) is 15.0. The molecule has 4 rings (SSSR count). The predicted octanol–water partition coefficient (Wildman–Crippen LogP) is 5.05. The highest BCUT2D eigenvalue weighted by Crippen LogP contribution is 2.36. The molecule has 0 saturated carbocycles. The van der Waals surface area contributed by atoms with Crippen molar-refractivity contribution >= 4 is 34.7 Å². The van der Waals surface area contributed by atoms with E-state index >= 15 is 0 Å². The van der Waals surface area contributed by atoms with Crippen molar-refractivity contribution in [3.63, 3.8) is 0 Å². The highest BCUT2D eigenvalue weighted by molar-refractivity contribution is 6.37. The Labute approximate surface area is 185 Å². The number of anilines is 1. The Hall–Kier alpha value is -3.57. The molecule has 0 saturated heterocycles. The van der Waals surface area contributed by atoms with Gasteiger partial charge in [0.1, 0.15) is 11.4 Å². The van der Waals surface area contributed by atoms with E-state index in [2.05, 4.69) is 5.32 Å². The average molecular weight is 433 g/mol.